The third-order valence-corrected chi connectivity index (χ3v) is 3.10. The third kappa shape index (κ3) is 1.61. The molecule has 0 aliphatic heterocycles. The fourth-order valence-corrected chi connectivity index (χ4v) is 2.18. The van der Waals surface area contributed by atoms with Gasteiger partial charge in [-0.05, 0) is 17.7 Å². The molecule has 0 unspecified atom stereocenters. The monoisotopic (exact) mass is 239 g/mol. The van der Waals surface area contributed by atoms with Crippen molar-refractivity contribution in [3.63, 3.8) is 0 Å². The lowest BCUT2D eigenvalue weighted by Gasteiger charge is -2.06. The Morgan fingerprint density at radius 2 is 1.22 bits per heavy atom. The Kier molecular flexibility index (Phi) is 2.45. The number of fused-ring (bicyclic) bond motifs is 1. The maximum Gasteiger partial charge on any atom is 0.202 e. The smallest absolute Gasteiger partial charge is 0.202 e. The molecule has 0 spiro atoms. The molecule has 0 amide bonds. The average molecular weight is 239 g/mol. The molecule has 0 saturated heterocycles. The highest BCUT2D eigenvalue weighted by Gasteiger charge is 2.14. The van der Waals surface area contributed by atoms with Gasteiger partial charge >= 0.3 is 0 Å². The highest BCUT2D eigenvalue weighted by atomic mass is 16.3. The molecule has 1 heterocycles. The number of hydrogen-bond donors (Lipinski definition) is 2. The first-order valence-corrected chi connectivity index (χ1v) is 5.80. The van der Waals surface area contributed by atoms with E-state index in [4.69, 9.17) is 0 Å². The van der Waals surface area contributed by atoms with Gasteiger partial charge in [-0.25, -0.2) is 0 Å². The molecule has 18 heavy (non-hydrogen) atoms. The van der Waals surface area contributed by atoms with Gasteiger partial charge in [0, 0.05) is 10.8 Å². The van der Waals surface area contributed by atoms with E-state index in [2.05, 4.69) is 0 Å². The summed E-state index contributed by atoms with van der Waals surface area (Å²) in [5.74, 6) is 0.207. The van der Waals surface area contributed by atoms with Crippen LogP contribution in [0.15, 0.2) is 54.6 Å². The molecule has 0 atom stereocenters. The Hall–Kier alpha value is -2.42. The van der Waals surface area contributed by atoms with E-state index >= 15 is 0 Å². The molecule has 90 valence electrons. The van der Waals surface area contributed by atoms with Gasteiger partial charge in [0.15, 0.2) is 0 Å². The van der Waals surface area contributed by atoms with E-state index in [0.717, 1.165) is 5.56 Å². The van der Waals surface area contributed by atoms with Gasteiger partial charge in [0.1, 0.15) is 0 Å². The van der Waals surface area contributed by atoms with Gasteiger partial charge in [0.05, 0.1) is 6.54 Å². The molecule has 0 aliphatic rings. The van der Waals surface area contributed by atoms with E-state index in [-0.39, 0.29) is 11.8 Å². The van der Waals surface area contributed by atoms with E-state index in [1.165, 1.54) is 4.57 Å². The molecule has 3 heteroatoms. The Morgan fingerprint density at radius 3 is 1.78 bits per heavy atom. The number of aromatic hydroxyl groups is 2. The minimum Gasteiger partial charge on any atom is -0.494 e. The van der Waals surface area contributed by atoms with Crippen LogP contribution in [0.5, 0.6) is 11.8 Å². The zero-order chi connectivity index (χ0) is 12.5. The number of benzene rings is 2. The van der Waals surface area contributed by atoms with Gasteiger partial charge in [-0.15, -0.1) is 0 Å². The summed E-state index contributed by atoms with van der Waals surface area (Å²) in [7, 11) is 0. The Labute approximate surface area is 105 Å². The fraction of sp³-hybridized carbons (Fsp3) is 0.0667. The predicted molar refractivity (Wildman–Crippen MR) is 70.8 cm³/mol. The van der Waals surface area contributed by atoms with Crippen molar-refractivity contribution in [2.45, 2.75) is 6.54 Å². The zero-order valence-electron chi connectivity index (χ0n) is 9.74. The van der Waals surface area contributed by atoms with Crippen molar-refractivity contribution in [2.24, 2.45) is 0 Å². The Morgan fingerprint density at radius 1 is 0.722 bits per heavy atom. The molecule has 0 radical (unpaired) electrons. The molecule has 3 rings (SSSR count). The van der Waals surface area contributed by atoms with Gasteiger partial charge < -0.3 is 10.2 Å². The van der Waals surface area contributed by atoms with Crippen LogP contribution in [0, 0.1) is 0 Å². The topological polar surface area (TPSA) is 45.4 Å². The molecular formula is C15H13NO2. The van der Waals surface area contributed by atoms with E-state index in [1.54, 1.807) is 12.1 Å². The fourth-order valence-electron chi connectivity index (χ4n) is 2.18. The van der Waals surface area contributed by atoms with Crippen molar-refractivity contribution in [3.8, 4) is 11.8 Å². The van der Waals surface area contributed by atoms with Gasteiger partial charge in [-0.2, -0.15) is 0 Å². The first-order valence-electron chi connectivity index (χ1n) is 5.80. The van der Waals surface area contributed by atoms with Crippen LogP contribution in [0.25, 0.3) is 10.8 Å². The standard InChI is InChI=1S/C15H13NO2/c17-14-12-8-4-5-9-13(12)15(18)16(14)10-11-6-2-1-3-7-11/h1-9,17-18H,10H2. The Balaban J connectivity index is 2.12. The van der Waals surface area contributed by atoms with Crippen LogP contribution in [0.4, 0.5) is 0 Å². The summed E-state index contributed by atoms with van der Waals surface area (Å²) in [6.07, 6.45) is 0. The minimum absolute atomic E-state index is 0.104. The van der Waals surface area contributed by atoms with Crippen LogP contribution in [0.3, 0.4) is 0 Å². The van der Waals surface area contributed by atoms with Gasteiger partial charge in [-0.3, -0.25) is 4.57 Å². The van der Waals surface area contributed by atoms with Crippen molar-refractivity contribution in [1.29, 1.82) is 0 Å². The van der Waals surface area contributed by atoms with E-state index in [1.807, 2.05) is 42.5 Å². The summed E-state index contributed by atoms with van der Waals surface area (Å²) < 4.78 is 1.51. The van der Waals surface area contributed by atoms with Crippen LogP contribution in [0.2, 0.25) is 0 Å². The maximum atomic E-state index is 10.1. The predicted octanol–water partition coefficient (Wildman–Crippen LogP) is 3.10. The summed E-state index contributed by atoms with van der Waals surface area (Å²) in [5.41, 5.74) is 1.03. The minimum atomic E-state index is 0.104. The van der Waals surface area contributed by atoms with Crippen molar-refractivity contribution in [3.05, 3.63) is 60.2 Å². The van der Waals surface area contributed by atoms with Crippen molar-refractivity contribution < 1.29 is 10.2 Å². The van der Waals surface area contributed by atoms with Crippen molar-refractivity contribution >= 4 is 10.8 Å². The molecule has 0 aliphatic carbocycles. The first-order chi connectivity index (χ1) is 8.77. The van der Waals surface area contributed by atoms with Gasteiger partial charge in [0.2, 0.25) is 11.8 Å². The van der Waals surface area contributed by atoms with Crippen LogP contribution in [0.1, 0.15) is 5.56 Å². The van der Waals surface area contributed by atoms with Gasteiger partial charge in [-0.1, -0.05) is 42.5 Å². The lowest BCUT2D eigenvalue weighted by atomic mass is 10.2. The summed E-state index contributed by atoms with van der Waals surface area (Å²) in [6, 6.07) is 17.0. The molecule has 1 aromatic heterocycles. The first kappa shape index (κ1) is 10.7. The second kappa shape index (κ2) is 4.11. The SMILES string of the molecule is Oc1c2ccccc2c(O)n1Cc1ccccc1. The quantitative estimate of drug-likeness (QED) is 0.721. The van der Waals surface area contributed by atoms with Crippen molar-refractivity contribution in [1.82, 2.24) is 4.57 Å². The zero-order valence-corrected chi connectivity index (χ0v) is 9.74. The van der Waals surface area contributed by atoms with Crippen LogP contribution in [-0.2, 0) is 6.54 Å². The molecule has 2 aromatic carbocycles. The largest absolute Gasteiger partial charge is 0.494 e. The van der Waals surface area contributed by atoms with Crippen LogP contribution >= 0.6 is 0 Å². The number of rotatable bonds is 2. The molecule has 2 N–H and O–H groups in total. The van der Waals surface area contributed by atoms with E-state index < -0.39 is 0 Å². The molecule has 3 aromatic rings. The number of nitrogens with zero attached hydrogens (tertiary/aromatic N) is 1. The Bertz CT molecular complexity index is 647. The number of hydrogen-bond acceptors (Lipinski definition) is 2. The lowest BCUT2D eigenvalue weighted by molar-refractivity contribution is 0.381. The second-order valence-corrected chi connectivity index (χ2v) is 4.26. The average Bonchev–Trinajstić information content (AvgIpc) is 2.66. The molecule has 0 fully saturated rings. The lowest BCUT2D eigenvalue weighted by Crippen LogP contribution is -1.97. The summed E-state index contributed by atoms with van der Waals surface area (Å²) in [5, 5.41) is 21.6. The van der Waals surface area contributed by atoms with Crippen molar-refractivity contribution in [2.75, 3.05) is 0 Å². The normalized spacial score (nSPS) is 10.9. The maximum absolute atomic E-state index is 10.1. The van der Waals surface area contributed by atoms with Crippen LogP contribution in [-0.4, -0.2) is 14.8 Å². The highest BCUT2D eigenvalue weighted by Crippen LogP contribution is 2.36. The summed E-state index contributed by atoms with van der Waals surface area (Å²) in [6.45, 7) is 0.452. The third-order valence-electron chi connectivity index (χ3n) is 3.10. The van der Waals surface area contributed by atoms with E-state index in [9.17, 15) is 10.2 Å². The number of aromatic nitrogens is 1. The molecule has 0 bridgehead atoms. The summed E-state index contributed by atoms with van der Waals surface area (Å²) in [4.78, 5) is 0. The molecule has 3 nitrogen and oxygen atoms in total. The van der Waals surface area contributed by atoms with Crippen LogP contribution < -0.4 is 0 Å². The van der Waals surface area contributed by atoms with E-state index in [0.29, 0.717) is 17.3 Å². The highest BCUT2D eigenvalue weighted by molar-refractivity contribution is 5.92. The van der Waals surface area contributed by atoms with Gasteiger partial charge in [0.25, 0.3) is 0 Å². The summed E-state index contributed by atoms with van der Waals surface area (Å²) >= 11 is 0. The second-order valence-electron chi connectivity index (χ2n) is 4.26. The molecule has 0 saturated carbocycles. The molecular weight excluding hydrogens is 226 g/mol.